The Morgan fingerprint density at radius 2 is 1.92 bits per heavy atom. The van der Waals surface area contributed by atoms with Crippen molar-refractivity contribution in [2.75, 3.05) is 0 Å². The van der Waals surface area contributed by atoms with Crippen LogP contribution in [0.1, 0.15) is 29.9 Å². The average molecular weight is 161 g/mol. The number of amides is 1. The molecule has 0 fully saturated rings. The number of benzene rings is 1. The van der Waals surface area contributed by atoms with Gasteiger partial charge in [-0.25, -0.2) is 0 Å². The first kappa shape index (κ1) is 7.35. The largest absolute Gasteiger partial charge is 0.369 e. The first-order valence-corrected chi connectivity index (χ1v) is 4.10. The minimum absolute atomic E-state index is 0.0544. The summed E-state index contributed by atoms with van der Waals surface area (Å²) < 4.78 is 0. The molecule has 0 aromatic heterocycles. The van der Waals surface area contributed by atoms with Gasteiger partial charge in [-0.3, -0.25) is 4.79 Å². The fourth-order valence-corrected chi connectivity index (χ4v) is 1.96. The van der Waals surface area contributed by atoms with Gasteiger partial charge in [0.2, 0.25) is 5.91 Å². The van der Waals surface area contributed by atoms with Crippen molar-refractivity contribution in [3.63, 3.8) is 0 Å². The van der Waals surface area contributed by atoms with Gasteiger partial charge in [0.25, 0.3) is 0 Å². The quantitative estimate of drug-likeness (QED) is 0.664. The van der Waals surface area contributed by atoms with Gasteiger partial charge in [0, 0.05) is 0 Å². The highest BCUT2D eigenvalue weighted by Gasteiger charge is 2.37. The molecular formula is C10H11NO. The van der Waals surface area contributed by atoms with E-state index in [0.29, 0.717) is 5.92 Å². The summed E-state index contributed by atoms with van der Waals surface area (Å²) in [7, 11) is 0. The Bertz CT molecular complexity index is 332. The SMILES string of the molecule is CC1c2ccccc2C1C(N)=O. The molecule has 1 aliphatic rings. The molecule has 2 atom stereocenters. The number of carbonyl (C=O) groups excluding carboxylic acids is 1. The lowest BCUT2D eigenvalue weighted by Gasteiger charge is -2.34. The molecule has 1 aromatic rings. The van der Waals surface area contributed by atoms with E-state index >= 15 is 0 Å². The van der Waals surface area contributed by atoms with E-state index < -0.39 is 0 Å². The summed E-state index contributed by atoms with van der Waals surface area (Å²) in [5.74, 6) is 0.0427. The van der Waals surface area contributed by atoms with Crippen LogP contribution in [0.5, 0.6) is 0 Å². The lowest BCUT2D eigenvalue weighted by molar-refractivity contribution is -0.120. The summed E-state index contributed by atoms with van der Waals surface area (Å²) in [4.78, 5) is 11.0. The van der Waals surface area contributed by atoms with Crippen molar-refractivity contribution in [1.82, 2.24) is 0 Å². The van der Waals surface area contributed by atoms with Gasteiger partial charge in [-0.05, 0) is 17.0 Å². The highest BCUT2D eigenvalue weighted by molar-refractivity contribution is 5.86. The van der Waals surface area contributed by atoms with E-state index in [1.54, 1.807) is 0 Å². The molecule has 1 aromatic carbocycles. The zero-order chi connectivity index (χ0) is 8.72. The molecule has 0 bridgehead atoms. The van der Waals surface area contributed by atoms with E-state index in [1.165, 1.54) is 5.56 Å². The molecule has 0 aliphatic heterocycles. The summed E-state index contributed by atoms with van der Waals surface area (Å²) >= 11 is 0. The van der Waals surface area contributed by atoms with Gasteiger partial charge >= 0.3 is 0 Å². The standard InChI is InChI=1S/C10H11NO/c1-6-7-4-2-3-5-8(7)9(6)10(11)12/h2-6,9H,1H3,(H2,11,12). The van der Waals surface area contributed by atoms with Crippen LogP contribution in [0.3, 0.4) is 0 Å². The third-order valence-electron chi connectivity index (χ3n) is 2.63. The normalized spacial score (nSPS) is 25.8. The van der Waals surface area contributed by atoms with E-state index in [-0.39, 0.29) is 11.8 Å². The lowest BCUT2D eigenvalue weighted by atomic mass is 9.69. The van der Waals surface area contributed by atoms with Gasteiger partial charge in [0.15, 0.2) is 0 Å². The monoisotopic (exact) mass is 161 g/mol. The minimum atomic E-state index is -0.207. The van der Waals surface area contributed by atoms with Crippen molar-refractivity contribution in [3.05, 3.63) is 35.4 Å². The topological polar surface area (TPSA) is 43.1 Å². The van der Waals surface area contributed by atoms with Crippen LogP contribution in [0.15, 0.2) is 24.3 Å². The molecule has 0 radical (unpaired) electrons. The van der Waals surface area contributed by atoms with Crippen LogP contribution in [0, 0.1) is 0 Å². The van der Waals surface area contributed by atoms with Crippen LogP contribution in [-0.2, 0) is 4.79 Å². The van der Waals surface area contributed by atoms with E-state index in [2.05, 4.69) is 6.07 Å². The number of hydrogen-bond acceptors (Lipinski definition) is 1. The van der Waals surface area contributed by atoms with E-state index in [0.717, 1.165) is 5.56 Å². The molecule has 2 nitrogen and oxygen atoms in total. The molecule has 1 amide bonds. The molecule has 2 unspecified atom stereocenters. The third kappa shape index (κ3) is 0.779. The summed E-state index contributed by atoms with van der Waals surface area (Å²) in [6.07, 6.45) is 0. The predicted molar refractivity (Wildman–Crippen MR) is 46.8 cm³/mol. The number of primary amides is 1. The van der Waals surface area contributed by atoms with E-state index in [9.17, 15) is 4.79 Å². The van der Waals surface area contributed by atoms with E-state index in [4.69, 9.17) is 5.73 Å². The third-order valence-corrected chi connectivity index (χ3v) is 2.63. The molecule has 0 heterocycles. The van der Waals surface area contributed by atoms with E-state index in [1.807, 2.05) is 25.1 Å². The van der Waals surface area contributed by atoms with Gasteiger partial charge in [0.1, 0.15) is 0 Å². The highest BCUT2D eigenvalue weighted by Crippen LogP contribution is 2.45. The van der Waals surface area contributed by atoms with Gasteiger partial charge < -0.3 is 5.73 Å². The number of rotatable bonds is 1. The van der Waals surface area contributed by atoms with Crippen molar-refractivity contribution in [2.24, 2.45) is 5.73 Å². The smallest absolute Gasteiger partial charge is 0.225 e. The molecule has 2 N–H and O–H groups in total. The second-order valence-corrected chi connectivity index (χ2v) is 3.30. The van der Waals surface area contributed by atoms with Gasteiger partial charge in [-0.1, -0.05) is 31.2 Å². The first-order chi connectivity index (χ1) is 5.72. The molecular weight excluding hydrogens is 150 g/mol. The summed E-state index contributed by atoms with van der Waals surface area (Å²) in [6.45, 7) is 2.04. The number of carbonyl (C=O) groups is 1. The van der Waals surface area contributed by atoms with Crippen molar-refractivity contribution < 1.29 is 4.79 Å². The van der Waals surface area contributed by atoms with Crippen molar-refractivity contribution in [2.45, 2.75) is 18.8 Å². The molecule has 2 rings (SSSR count). The van der Waals surface area contributed by atoms with Gasteiger partial charge in [0.05, 0.1) is 5.92 Å². The first-order valence-electron chi connectivity index (χ1n) is 4.10. The Balaban J connectivity index is 2.43. The van der Waals surface area contributed by atoms with Crippen molar-refractivity contribution >= 4 is 5.91 Å². The maximum Gasteiger partial charge on any atom is 0.225 e. The molecule has 0 saturated heterocycles. The van der Waals surface area contributed by atoms with Crippen LogP contribution < -0.4 is 5.73 Å². The zero-order valence-electron chi connectivity index (χ0n) is 6.95. The Morgan fingerprint density at radius 1 is 1.33 bits per heavy atom. The lowest BCUT2D eigenvalue weighted by Crippen LogP contribution is -2.33. The van der Waals surface area contributed by atoms with Gasteiger partial charge in [-0.15, -0.1) is 0 Å². The van der Waals surface area contributed by atoms with Crippen LogP contribution >= 0.6 is 0 Å². The minimum Gasteiger partial charge on any atom is -0.369 e. The fraction of sp³-hybridized carbons (Fsp3) is 0.300. The van der Waals surface area contributed by atoms with Crippen molar-refractivity contribution in [3.8, 4) is 0 Å². The van der Waals surface area contributed by atoms with Crippen LogP contribution in [0.2, 0.25) is 0 Å². The van der Waals surface area contributed by atoms with Crippen LogP contribution in [0.4, 0.5) is 0 Å². The summed E-state index contributed by atoms with van der Waals surface area (Å²) in [6, 6.07) is 7.97. The average Bonchev–Trinajstić information content (AvgIpc) is 2.03. The molecule has 0 spiro atoms. The Kier molecular flexibility index (Phi) is 1.43. The Morgan fingerprint density at radius 3 is 2.50 bits per heavy atom. The zero-order valence-corrected chi connectivity index (χ0v) is 6.95. The van der Waals surface area contributed by atoms with Crippen molar-refractivity contribution in [1.29, 1.82) is 0 Å². The van der Waals surface area contributed by atoms with Crippen LogP contribution in [-0.4, -0.2) is 5.91 Å². The highest BCUT2D eigenvalue weighted by atomic mass is 16.1. The maximum absolute atomic E-state index is 11.0. The summed E-state index contributed by atoms with van der Waals surface area (Å²) in [5.41, 5.74) is 7.64. The second kappa shape index (κ2) is 2.34. The molecule has 2 heteroatoms. The molecule has 1 aliphatic carbocycles. The molecule has 62 valence electrons. The maximum atomic E-state index is 11.0. The fourth-order valence-electron chi connectivity index (χ4n) is 1.96. The molecule has 0 saturated carbocycles. The molecule has 12 heavy (non-hydrogen) atoms. The predicted octanol–water partition coefficient (Wildman–Crippen LogP) is 1.37. The number of hydrogen-bond donors (Lipinski definition) is 1. The Hall–Kier alpha value is -1.31. The van der Waals surface area contributed by atoms with Crippen LogP contribution in [0.25, 0.3) is 0 Å². The number of fused-ring (bicyclic) bond motifs is 1. The van der Waals surface area contributed by atoms with Gasteiger partial charge in [-0.2, -0.15) is 0 Å². The number of nitrogens with two attached hydrogens (primary N) is 1. The second-order valence-electron chi connectivity index (χ2n) is 3.30. The summed E-state index contributed by atoms with van der Waals surface area (Å²) in [5, 5.41) is 0. The Labute approximate surface area is 71.4 Å².